The average molecular weight is 513 g/mol. The highest BCUT2D eigenvalue weighted by molar-refractivity contribution is 6.01. The van der Waals surface area contributed by atoms with Gasteiger partial charge in [0.1, 0.15) is 12.1 Å². The standard InChI is InChI=1S/C30H32N4O4/c31-16-20(15-18-8-6-14-32-27(18)35)33-28(36)26-21-11-5-7-19(21)17-34(26)29(37)30(38)24-12-3-1-9-22(24)23-10-2-4-13-25(23)30/h1-4,9-10,12-13,18-21,26,38H,5-8,11,14-15,17H2,(H,32,35)(H,33,36)/t18-,19+,20+,21+,26+/m0/s1. The van der Waals surface area contributed by atoms with Crippen molar-refractivity contribution in [3.63, 3.8) is 0 Å². The van der Waals surface area contributed by atoms with Crippen molar-refractivity contribution in [2.45, 2.75) is 56.2 Å². The summed E-state index contributed by atoms with van der Waals surface area (Å²) in [5, 5.41) is 27.6. The molecule has 38 heavy (non-hydrogen) atoms. The van der Waals surface area contributed by atoms with Gasteiger partial charge in [-0.3, -0.25) is 14.4 Å². The largest absolute Gasteiger partial charge is 0.372 e. The van der Waals surface area contributed by atoms with Gasteiger partial charge in [0.25, 0.3) is 5.91 Å². The lowest BCUT2D eigenvalue weighted by Gasteiger charge is -2.34. The normalized spacial score (nSPS) is 27.5. The zero-order chi connectivity index (χ0) is 26.4. The van der Waals surface area contributed by atoms with E-state index in [-0.39, 0.29) is 36.0 Å². The van der Waals surface area contributed by atoms with E-state index in [2.05, 4.69) is 16.7 Å². The molecule has 2 aliphatic carbocycles. The molecule has 0 bridgehead atoms. The number of benzene rings is 2. The highest BCUT2D eigenvalue weighted by atomic mass is 16.3. The van der Waals surface area contributed by atoms with Crippen LogP contribution < -0.4 is 10.6 Å². The van der Waals surface area contributed by atoms with Crippen LogP contribution in [0, 0.1) is 29.1 Å². The molecule has 2 aromatic carbocycles. The minimum absolute atomic E-state index is 0.0215. The number of hydrogen-bond acceptors (Lipinski definition) is 5. The van der Waals surface area contributed by atoms with Crippen LogP contribution in [0.1, 0.15) is 49.7 Å². The SMILES string of the molecule is N#C[C@@H](C[C@@H]1CCCNC1=O)NC(=O)[C@H]1[C@@H]2CCC[C@@H]2CN1C(=O)C1(O)c2ccccc2-c2ccccc21. The predicted octanol–water partition coefficient (Wildman–Crippen LogP) is 2.45. The zero-order valence-corrected chi connectivity index (χ0v) is 21.2. The Bertz CT molecular complexity index is 1290. The summed E-state index contributed by atoms with van der Waals surface area (Å²) in [6.45, 7) is 1.03. The molecule has 0 spiro atoms. The van der Waals surface area contributed by atoms with Gasteiger partial charge in [0, 0.05) is 30.1 Å². The molecule has 1 saturated carbocycles. The van der Waals surface area contributed by atoms with Crippen LogP contribution >= 0.6 is 0 Å². The summed E-state index contributed by atoms with van der Waals surface area (Å²) >= 11 is 0. The van der Waals surface area contributed by atoms with Gasteiger partial charge in [-0.1, -0.05) is 55.0 Å². The number of rotatable bonds is 5. The summed E-state index contributed by atoms with van der Waals surface area (Å²) in [5.74, 6) is -1.12. The smallest absolute Gasteiger partial charge is 0.264 e. The zero-order valence-electron chi connectivity index (χ0n) is 21.2. The summed E-state index contributed by atoms with van der Waals surface area (Å²) in [4.78, 5) is 41.9. The first-order valence-corrected chi connectivity index (χ1v) is 13.6. The van der Waals surface area contributed by atoms with Crippen molar-refractivity contribution in [2.24, 2.45) is 17.8 Å². The summed E-state index contributed by atoms with van der Waals surface area (Å²) in [6, 6.07) is 15.3. The number of carbonyl (C=O) groups is 3. The molecule has 196 valence electrons. The molecule has 2 aromatic rings. The summed E-state index contributed by atoms with van der Waals surface area (Å²) < 4.78 is 0. The van der Waals surface area contributed by atoms with Crippen LogP contribution in [0.5, 0.6) is 0 Å². The average Bonchev–Trinajstić information content (AvgIpc) is 3.61. The summed E-state index contributed by atoms with van der Waals surface area (Å²) in [5.41, 5.74) is 0.796. The number of amides is 3. The van der Waals surface area contributed by atoms with Crippen molar-refractivity contribution >= 4 is 17.7 Å². The van der Waals surface area contributed by atoms with E-state index < -0.39 is 23.6 Å². The molecule has 3 N–H and O–H groups in total. The van der Waals surface area contributed by atoms with Crippen LogP contribution in [0.25, 0.3) is 11.1 Å². The molecule has 2 saturated heterocycles. The fourth-order valence-electron chi connectivity index (χ4n) is 7.25. The predicted molar refractivity (Wildman–Crippen MR) is 139 cm³/mol. The van der Waals surface area contributed by atoms with Gasteiger partial charge < -0.3 is 20.6 Å². The minimum atomic E-state index is -1.89. The van der Waals surface area contributed by atoms with Crippen molar-refractivity contribution < 1.29 is 19.5 Å². The molecule has 2 heterocycles. The van der Waals surface area contributed by atoms with Crippen LogP contribution in [-0.2, 0) is 20.0 Å². The van der Waals surface area contributed by atoms with E-state index in [1.54, 1.807) is 17.0 Å². The first-order valence-electron chi connectivity index (χ1n) is 13.6. The Morgan fingerprint density at radius 1 is 1.08 bits per heavy atom. The highest BCUT2D eigenvalue weighted by Crippen LogP contribution is 2.50. The van der Waals surface area contributed by atoms with E-state index in [9.17, 15) is 24.8 Å². The van der Waals surface area contributed by atoms with E-state index in [4.69, 9.17) is 0 Å². The minimum Gasteiger partial charge on any atom is -0.372 e. The third-order valence-corrected chi connectivity index (χ3v) is 9.05. The highest BCUT2D eigenvalue weighted by Gasteiger charge is 2.56. The molecule has 5 atom stereocenters. The van der Waals surface area contributed by atoms with Gasteiger partial charge in [0.2, 0.25) is 11.8 Å². The van der Waals surface area contributed by atoms with E-state index in [1.165, 1.54) is 0 Å². The Morgan fingerprint density at radius 2 is 1.76 bits per heavy atom. The second kappa shape index (κ2) is 9.55. The van der Waals surface area contributed by atoms with E-state index in [0.29, 0.717) is 30.6 Å². The van der Waals surface area contributed by atoms with Gasteiger partial charge in [-0.25, -0.2) is 0 Å². The number of piperidine rings is 1. The number of hydrogen-bond donors (Lipinski definition) is 3. The molecule has 2 aliphatic heterocycles. The van der Waals surface area contributed by atoms with E-state index in [0.717, 1.165) is 36.8 Å². The van der Waals surface area contributed by atoms with Crippen LogP contribution in [0.4, 0.5) is 0 Å². The number of carbonyl (C=O) groups excluding carboxylic acids is 3. The van der Waals surface area contributed by atoms with Crippen LogP contribution in [-0.4, -0.2) is 52.9 Å². The quantitative estimate of drug-likeness (QED) is 0.568. The molecule has 8 nitrogen and oxygen atoms in total. The van der Waals surface area contributed by atoms with Crippen molar-refractivity contribution in [1.29, 1.82) is 5.26 Å². The third kappa shape index (κ3) is 3.80. The van der Waals surface area contributed by atoms with Crippen molar-refractivity contribution in [3.05, 3.63) is 59.7 Å². The Morgan fingerprint density at radius 3 is 2.42 bits per heavy atom. The van der Waals surface area contributed by atoms with Crippen LogP contribution in [0.3, 0.4) is 0 Å². The van der Waals surface area contributed by atoms with Gasteiger partial charge in [-0.2, -0.15) is 5.26 Å². The molecule has 0 radical (unpaired) electrons. The number of nitriles is 1. The van der Waals surface area contributed by atoms with Gasteiger partial charge in [0.15, 0.2) is 5.60 Å². The Kier molecular flexibility index (Phi) is 6.19. The van der Waals surface area contributed by atoms with Gasteiger partial charge in [0.05, 0.1) is 6.07 Å². The first-order chi connectivity index (χ1) is 18.4. The van der Waals surface area contributed by atoms with E-state index >= 15 is 0 Å². The number of fused-ring (bicyclic) bond motifs is 4. The Labute approximate surface area is 222 Å². The van der Waals surface area contributed by atoms with Crippen molar-refractivity contribution in [3.8, 4) is 17.2 Å². The monoisotopic (exact) mass is 512 g/mol. The van der Waals surface area contributed by atoms with E-state index in [1.807, 2.05) is 36.4 Å². The van der Waals surface area contributed by atoms with Gasteiger partial charge in [-0.05, 0) is 55.1 Å². The van der Waals surface area contributed by atoms with Crippen molar-refractivity contribution in [2.75, 3.05) is 13.1 Å². The molecule has 6 rings (SSSR count). The molecule has 3 amide bonds. The second-order valence-electron chi connectivity index (χ2n) is 11.1. The first kappa shape index (κ1) is 24.6. The third-order valence-electron chi connectivity index (χ3n) is 9.05. The lowest BCUT2D eigenvalue weighted by molar-refractivity contribution is -0.152. The molecular formula is C30H32N4O4. The molecule has 0 unspecified atom stereocenters. The molecular weight excluding hydrogens is 480 g/mol. The van der Waals surface area contributed by atoms with Crippen LogP contribution in [0.2, 0.25) is 0 Å². The second-order valence-corrected chi connectivity index (χ2v) is 11.1. The lowest BCUT2D eigenvalue weighted by Crippen LogP contribution is -2.55. The lowest BCUT2D eigenvalue weighted by atomic mass is 9.88. The topological polar surface area (TPSA) is 123 Å². The van der Waals surface area contributed by atoms with Crippen LogP contribution in [0.15, 0.2) is 48.5 Å². The van der Waals surface area contributed by atoms with Crippen molar-refractivity contribution in [1.82, 2.24) is 15.5 Å². The van der Waals surface area contributed by atoms with Gasteiger partial charge >= 0.3 is 0 Å². The molecule has 0 aromatic heterocycles. The van der Waals surface area contributed by atoms with Gasteiger partial charge in [-0.15, -0.1) is 0 Å². The maximum Gasteiger partial charge on any atom is 0.264 e. The molecule has 4 aliphatic rings. The Balaban J connectivity index is 1.30. The number of aliphatic hydroxyl groups is 1. The number of nitrogens with one attached hydrogen (secondary N) is 2. The summed E-state index contributed by atoms with van der Waals surface area (Å²) in [6.07, 6.45) is 4.51. The maximum absolute atomic E-state index is 14.3. The molecule has 3 fully saturated rings. The fourth-order valence-corrected chi connectivity index (χ4v) is 7.25. The maximum atomic E-state index is 14.3. The molecule has 8 heteroatoms. The Hall–Kier alpha value is -3.70. The fraction of sp³-hybridized carbons (Fsp3) is 0.467. The summed E-state index contributed by atoms with van der Waals surface area (Å²) in [7, 11) is 0. The number of nitrogens with zero attached hydrogens (tertiary/aromatic N) is 2. The number of likely N-dealkylation sites (tertiary alicyclic amines) is 1.